The summed E-state index contributed by atoms with van der Waals surface area (Å²) in [7, 11) is 0. The van der Waals surface area contributed by atoms with Crippen LogP contribution in [0.1, 0.15) is 33.2 Å². The van der Waals surface area contributed by atoms with E-state index in [9.17, 15) is 2.74 Å². The van der Waals surface area contributed by atoms with E-state index in [2.05, 4.69) is 135 Å². The number of pyridine rings is 1. The fourth-order valence-electron chi connectivity index (χ4n) is 10.1. The van der Waals surface area contributed by atoms with Crippen LogP contribution in [0.25, 0.3) is 106 Å². The Kier molecular flexibility index (Phi) is 9.26. The molecule has 0 aliphatic carbocycles. The van der Waals surface area contributed by atoms with Crippen LogP contribution in [0.3, 0.4) is 0 Å². The minimum atomic E-state index is -0.453. The molecule has 0 amide bonds. The summed E-state index contributed by atoms with van der Waals surface area (Å²) in [5.74, 6) is 1.76. The molecule has 70 heavy (non-hydrogen) atoms. The van der Waals surface area contributed by atoms with Crippen LogP contribution in [0.4, 0.5) is 0 Å². The second-order valence-electron chi connectivity index (χ2n) is 18.4. The zero-order valence-corrected chi connectivity index (χ0v) is 40.6. The average Bonchev–Trinajstić information content (AvgIpc) is 4.00. The van der Waals surface area contributed by atoms with Crippen molar-refractivity contribution in [1.82, 2.24) is 14.1 Å². The first-order chi connectivity index (χ1) is 35.9. The summed E-state index contributed by atoms with van der Waals surface area (Å²) >= 11 is 0. The van der Waals surface area contributed by atoms with Crippen molar-refractivity contribution in [3.63, 3.8) is 0 Å². The molecule has 0 saturated carbocycles. The van der Waals surface area contributed by atoms with Gasteiger partial charge in [-0.15, -0.1) is 29.7 Å². The number of nitrogens with zero attached hydrogens (tertiary/aromatic N) is 4. The van der Waals surface area contributed by atoms with Gasteiger partial charge in [-0.3, -0.25) is 4.57 Å². The fraction of sp³-hybridized carbons (Fsp3) is 0.0625. The Balaban J connectivity index is 0.00000569. The molecule has 0 unspecified atom stereocenters. The van der Waals surface area contributed by atoms with Gasteiger partial charge in [0.2, 0.25) is 0 Å². The maximum absolute atomic E-state index is 9.31. The summed E-state index contributed by atoms with van der Waals surface area (Å²) in [6.45, 7) is 6.60. The van der Waals surface area contributed by atoms with Crippen molar-refractivity contribution >= 4 is 32.8 Å². The van der Waals surface area contributed by atoms with Gasteiger partial charge in [0.1, 0.15) is 5.82 Å². The van der Waals surface area contributed by atoms with E-state index >= 15 is 0 Å². The number of aromatic nitrogens is 4. The largest absolute Gasteiger partial charge is 0.510 e. The Hall–Kier alpha value is -8.11. The van der Waals surface area contributed by atoms with Crippen LogP contribution in [-0.4, -0.2) is 14.1 Å². The monoisotopic (exact) mass is 1080 g/mol. The number of benzene rings is 9. The molecule has 6 heteroatoms. The molecule has 5 nitrogen and oxygen atoms in total. The molecular formula is C64H44N4OPt-2. The minimum absolute atomic E-state index is 0. The van der Waals surface area contributed by atoms with Gasteiger partial charge in [-0.25, -0.2) is 4.98 Å². The number of hydrogen-bond donors (Lipinski definition) is 0. The number of imidazole rings is 1. The Labute approximate surface area is 428 Å². The molecule has 3 aromatic heterocycles. The molecule has 1 aliphatic rings. The summed E-state index contributed by atoms with van der Waals surface area (Å²) in [4.78, 5) is 4.86. The van der Waals surface area contributed by atoms with Crippen LogP contribution < -0.4 is 9.30 Å². The van der Waals surface area contributed by atoms with Crippen LogP contribution in [0.2, 0.25) is 0 Å². The third-order valence-electron chi connectivity index (χ3n) is 13.2. The van der Waals surface area contributed by atoms with Crippen LogP contribution in [0, 0.1) is 18.5 Å². The molecule has 0 radical (unpaired) electrons. The third-order valence-corrected chi connectivity index (χ3v) is 13.2. The molecule has 338 valence electrons. The second kappa shape index (κ2) is 17.1. The first-order valence-corrected chi connectivity index (χ1v) is 23.1. The van der Waals surface area contributed by atoms with E-state index in [1.54, 1.807) is 0 Å². The Morgan fingerprint density at radius 1 is 0.557 bits per heavy atom. The Morgan fingerprint density at radius 2 is 1.23 bits per heavy atom. The van der Waals surface area contributed by atoms with Gasteiger partial charge in [0.15, 0.2) is 0 Å². The topological polar surface area (TPSA) is 35.9 Å². The normalized spacial score (nSPS) is 12.8. The molecule has 4 heterocycles. The predicted octanol–water partition coefficient (Wildman–Crippen LogP) is 15.5. The fourth-order valence-corrected chi connectivity index (χ4v) is 10.1. The zero-order valence-electron chi connectivity index (χ0n) is 43.3. The molecule has 0 saturated heterocycles. The van der Waals surface area contributed by atoms with Crippen molar-refractivity contribution in [3.05, 3.63) is 236 Å². The summed E-state index contributed by atoms with van der Waals surface area (Å²) in [6, 6.07) is 64.7. The van der Waals surface area contributed by atoms with Gasteiger partial charge in [0, 0.05) is 44.3 Å². The van der Waals surface area contributed by atoms with Crippen molar-refractivity contribution in [1.29, 1.82) is 0 Å². The van der Waals surface area contributed by atoms with Gasteiger partial charge < -0.3 is 13.9 Å². The van der Waals surface area contributed by atoms with E-state index in [4.69, 9.17) is 13.8 Å². The average molecular weight is 1090 g/mol. The van der Waals surface area contributed by atoms with Crippen LogP contribution >= 0.6 is 0 Å². The first-order valence-electron chi connectivity index (χ1n) is 25.6. The standard InChI is InChI=1S/C64H44N4O.Pt/c1-64(2,3)44-36-37-65-60(38-44)68-57-32-13-12-25-51(57)52-35-34-47(40-59(52)68)69-46-23-14-22-45(39-46)66-41-67-62-49(43-20-8-5-9-21-43)28-16-30-56(62)54-29-15-27-48(42-18-6-4-7-19-42)61(54)53-26-11-10-24-50(53)55-31-17-33-58(66)63(55)67;/h4-38H,1-3H3;/q-2;/i5D,8D,9D,20D,21D;. The smallest absolute Gasteiger partial charge is 0.268 e. The number of para-hydroxylation sites is 3. The van der Waals surface area contributed by atoms with E-state index in [1.807, 2.05) is 100 Å². The SMILES string of the molecule is [2H]c1c([2H])c([2H])c(-c2cccc3c2-[n+]2[c-]n(-c4[c-]c(Oc5[c-]c6c(cc5)c5ccccc5n6-c5cc(C(C)(C)C)ccn5)ccc4)c4cccc(c42)-c2ccccc2-c2c(-c4ccccc4)cccc2-3)c([2H])c1[2H].[Pt]. The van der Waals surface area contributed by atoms with E-state index in [-0.39, 0.29) is 44.1 Å². The predicted molar refractivity (Wildman–Crippen MR) is 279 cm³/mol. The van der Waals surface area contributed by atoms with Crippen LogP contribution in [0.15, 0.2) is 212 Å². The summed E-state index contributed by atoms with van der Waals surface area (Å²) in [6.07, 6.45) is 5.61. The van der Waals surface area contributed by atoms with Crippen molar-refractivity contribution in [2.45, 2.75) is 26.2 Å². The molecule has 13 rings (SSSR count). The molecule has 0 atom stereocenters. The Morgan fingerprint density at radius 3 is 2.07 bits per heavy atom. The number of hydrogen-bond acceptors (Lipinski definition) is 2. The van der Waals surface area contributed by atoms with Crippen molar-refractivity contribution in [2.75, 3.05) is 0 Å². The van der Waals surface area contributed by atoms with Gasteiger partial charge in [0.25, 0.3) is 6.33 Å². The summed E-state index contributed by atoms with van der Waals surface area (Å²) in [5, 5.41) is 2.11. The van der Waals surface area contributed by atoms with Gasteiger partial charge >= 0.3 is 0 Å². The molecule has 0 fully saturated rings. The van der Waals surface area contributed by atoms with Crippen molar-refractivity contribution in [3.8, 4) is 84.3 Å². The number of fused-ring (bicyclic) bond motifs is 10. The molecule has 0 bridgehead atoms. The van der Waals surface area contributed by atoms with Crippen LogP contribution in [-0.2, 0) is 26.5 Å². The molecule has 9 aromatic carbocycles. The summed E-state index contributed by atoms with van der Waals surface area (Å²) < 4.78 is 57.6. The van der Waals surface area contributed by atoms with Gasteiger partial charge in [-0.2, -0.15) is 18.2 Å². The molecular weight excluding hydrogens is 1040 g/mol. The molecule has 0 N–H and O–H groups in total. The second-order valence-corrected chi connectivity index (χ2v) is 18.4. The van der Waals surface area contributed by atoms with Crippen LogP contribution in [0.5, 0.6) is 11.5 Å². The quantitative estimate of drug-likeness (QED) is 0.123. The molecule has 12 aromatic rings. The number of ether oxygens (including phenoxy) is 1. The van der Waals surface area contributed by atoms with Crippen molar-refractivity contribution in [2.24, 2.45) is 0 Å². The first kappa shape index (κ1) is 37.8. The van der Waals surface area contributed by atoms with E-state index < -0.39 is 18.1 Å². The van der Waals surface area contributed by atoms with Gasteiger partial charge in [0.05, 0.1) is 23.6 Å². The maximum Gasteiger partial charge on any atom is 0.268 e. The van der Waals surface area contributed by atoms with E-state index in [0.717, 1.165) is 83.2 Å². The molecule has 1 aliphatic heterocycles. The van der Waals surface area contributed by atoms with Crippen molar-refractivity contribution < 1.29 is 37.2 Å². The van der Waals surface area contributed by atoms with Gasteiger partial charge in [-0.1, -0.05) is 184 Å². The van der Waals surface area contributed by atoms with E-state index in [0.29, 0.717) is 28.4 Å². The number of rotatable bonds is 6. The maximum atomic E-state index is 9.31. The minimum Gasteiger partial charge on any atom is -0.510 e. The zero-order chi connectivity index (χ0) is 50.6. The molecule has 0 spiro atoms. The third kappa shape index (κ3) is 7.11. The van der Waals surface area contributed by atoms with E-state index in [1.165, 1.54) is 5.56 Å². The van der Waals surface area contributed by atoms with Gasteiger partial charge in [-0.05, 0) is 95.9 Å². The summed E-state index contributed by atoms with van der Waals surface area (Å²) in [5.41, 5.74) is 14.0. The Bertz CT molecular complexity index is 4260.